The molecule has 14 heavy (non-hydrogen) atoms. The van der Waals surface area contributed by atoms with E-state index in [4.69, 9.17) is 16.3 Å². The second-order valence-corrected chi connectivity index (χ2v) is 3.86. The summed E-state index contributed by atoms with van der Waals surface area (Å²) in [6.07, 6.45) is 3.53. The lowest BCUT2D eigenvalue weighted by Crippen LogP contribution is -2.29. The number of methoxy groups -OCH3 is 1. The van der Waals surface area contributed by atoms with Gasteiger partial charge in [-0.05, 0) is 32.4 Å². The van der Waals surface area contributed by atoms with Gasteiger partial charge in [0.25, 0.3) is 0 Å². The SMILES string of the molecule is C=C(C(C)=CC=C(C)Cl)C(C)(O)OC. The van der Waals surface area contributed by atoms with Crippen molar-refractivity contribution in [2.24, 2.45) is 0 Å². The third-order valence-corrected chi connectivity index (χ3v) is 2.12. The van der Waals surface area contributed by atoms with Crippen molar-refractivity contribution < 1.29 is 9.84 Å². The molecule has 0 saturated heterocycles. The third kappa shape index (κ3) is 4.09. The molecule has 80 valence electrons. The van der Waals surface area contributed by atoms with Crippen LogP contribution in [0.5, 0.6) is 0 Å². The minimum Gasteiger partial charge on any atom is -0.362 e. The maximum Gasteiger partial charge on any atom is 0.188 e. The fourth-order valence-corrected chi connectivity index (χ4v) is 0.892. The summed E-state index contributed by atoms with van der Waals surface area (Å²) >= 11 is 5.67. The highest BCUT2D eigenvalue weighted by molar-refractivity contribution is 6.29. The van der Waals surface area contributed by atoms with Gasteiger partial charge in [-0.15, -0.1) is 0 Å². The normalized spacial score (nSPS) is 17.9. The monoisotopic (exact) mass is 216 g/mol. The second-order valence-electron chi connectivity index (χ2n) is 3.27. The minimum absolute atomic E-state index is 0.522. The molecular formula is C11H17ClO2. The number of allylic oxidation sites excluding steroid dienone is 3. The van der Waals surface area contributed by atoms with Crippen LogP contribution in [0.2, 0.25) is 0 Å². The van der Waals surface area contributed by atoms with Gasteiger partial charge in [0, 0.05) is 17.7 Å². The lowest BCUT2D eigenvalue weighted by molar-refractivity contribution is -0.137. The van der Waals surface area contributed by atoms with Crippen molar-refractivity contribution in [2.75, 3.05) is 7.11 Å². The lowest BCUT2D eigenvalue weighted by atomic mass is 10.0. The molecule has 0 aromatic rings. The largest absolute Gasteiger partial charge is 0.362 e. The molecule has 0 fully saturated rings. The van der Waals surface area contributed by atoms with Crippen molar-refractivity contribution >= 4 is 11.6 Å². The van der Waals surface area contributed by atoms with E-state index in [1.54, 1.807) is 26.0 Å². The highest BCUT2D eigenvalue weighted by atomic mass is 35.5. The van der Waals surface area contributed by atoms with Crippen molar-refractivity contribution in [1.82, 2.24) is 0 Å². The van der Waals surface area contributed by atoms with Gasteiger partial charge in [-0.3, -0.25) is 0 Å². The van der Waals surface area contributed by atoms with Crippen LogP contribution in [0.25, 0.3) is 0 Å². The number of rotatable bonds is 4. The molecule has 1 N–H and O–H groups in total. The van der Waals surface area contributed by atoms with E-state index in [1.165, 1.54) is 7.11 Å². The van der Waals surface area contributed by atoms with Gasteiger partial charge in [0.1, 0.15) is 0 Å². The molecule has 0 heterocycles. The molecule has 0 rings (SSSR count). The number of hydrogen-bond acceptors (Lipinski definition) is 2. The van der Waals surface area contributed by atoms with E-state index in [9.17, 15) is 5.11 Å². The van der Waals surface area contributed by atoms with Gasteiger partial charge in [0.2, 0.25) is 0 Å². The summed E-state index contributed by atoms with van der Waals surface area (Å²) in [5, 5.41) is 10.4. The number of hydrogen-bond donors (Lipinski definition) is 1. The average Bonchev–Trinajstić information content (AvgIpc) is 2.12. The molecule has 1 unspecified atom stereocenters. The molecule has 1 atom stereocenters. The Bertz CT molecular complexity index is 271. The summed E-state index contributed by atoms with van der Waals surface area (Å²) in [5.41, 5.74) is 1.35. The molecule has 0 aliphatic carbocycles. The Morgan fingerprint density at radius 3 is 2.29 bits per heavy atom. The maximum atomic E-state index is 9.71. The first-order chi connectivity index (χ1) is 6.31. The molecule has 0 aromatic carbocycles. The van der Waals surface area contributed by atoms with Crippen molar-refractivity contribution in [2.45, 2.75) is 26.6 Å². The minimum atomic E-state index is -1.32. The van der Waals surface area contributed by atoms with E-state index >= 15 is 0 Å². The molecule has 0 aliphatic rings. The zero-order valence-electron chi connectivity index (χ0n) is 9.10. The zero-order valence-corrected chi connectivity index (χ0v) is 9.85. The summed E-state index contributed by atoms with van der Waals surface area (Å²) in [5.74, 6) is -1.32. The molecule has 0 bridgehead atoms. The topological polar surface area (TPSA) is 29.5 Å². The van der Waals surface area contributed by atoms with Gasteiger partial charge >= 0.3 is 0 Å². The first-order valence-electron chi connectivity index (χ1n) is 4.29. The number of halogens is 1. The summed E-state index contributed by atoms with van der Waals surface area (Å²) in [7, 11) is 1.43. The van der Waals surface area contributed by atoms with Crippen molar-refractivity contribution in [3.8, 4) is 0 Å². The highest BCUT2D eigenvalue weighted by Crippen LogP contribution is 2.22. The maximum absolute atomic E-state index is 9.71. The summed E-state index contributed by atoms with van der Waals surface area (Å²) in [6.45, 7) is 8.92. The Morgan fingerprint density at radius 2 is 1.93 bits per heavy atom. The van der Waals surface area contributed by atoms with Crippen molar-refractivity contribution in [3.05, 3.63) is 34.9 Å². The smallest absolute Gasteiger partial charge is 0.188 e. The lowest BCUT2D eigenvalue weighted by Gasteiger charge is -2.24. The Hall–Kier alpha value is -0.570. The van der Waals surface area contributed by atoms with Crippen LogP contribution >= 0.6 is 11.6 Å². The molecule has 0 radical (unpaired) electrons. The molecule has 0 amide bonds. The average molecular weight is 217 g/mol. The Labute approximate surface area is 90.5 Å². The Morgan fingerprint density at radius 1 is 1.43 bits per heavy atom. The van der Waals surface area contributed by atoms with Gasteiger partial charge in [-0.1, -0.05) is 24.3 Å². The van der Waals surface area contributed by atoms with Crippen molar-refractivity contribution in [3.63, 3.8) is 0 Å². The standard InChI is InChI=1S/C11H17ClO2/c1-8(6-7-9(2)12)10(3)11(4,13)14-5/h6-7,13H,3H2,1-2,4-5H3. The van der Waals surface area contributed by atoms with Crippen LogP contribution in [0.1, 0.15) is 20.8 Å². The third-order valence-electron chi connectivity index (χ3n) is 2.00. The van der Waals surface area contributed by atoms with E-state index < -0.39 is 5.79 Å². The Balaban J connectivity index is 4.72. The van der Waals surface area contributed by atoms with E-state index in [2.05, 4.69) is 6.58 Å². The van der Waals surface area contributed by atoms with Crippen LogP contribution in [0.15, 0.2) is 34.9 Å². The molecule has 0 spiro atoms. The quantitative estimate of drug-likeness (QED) is 0.578. The molecule has 0 saturated carbocycles. The van der Waals surface area contributed by atoms with E-state index in [-0.39, 0.29) is 0 Å². The van der Waals surface area contributed by atoms with E-state index in [0.717, 1.165) is 5.57 Å². The number of aliphatic hydroxyl groups is 1. The van der Waals surface area contributed by atoms with Crippen LogP contribution in [0.3, 0.4) is 0 Å². The van der Waals surface area contributed by atoms with Crippen LogP contribution in [0, 0.1) is 0 Å². The molecule has 3 heteroatoms. The van der Waals surface area contributed by atoms with Gasteiger partial charge in [-0.25, -0.2) is 0 Å². The van der Waals surface area contributed by atoms with Crippen LogP contribution in [-0.2, 0) is 4.74 Å². The van der Waals surface area contributed by atoms with Gasteiger partial charge in [0.15, 0.2) is 5.79 Å². The first-order valence-corrected chi connectivity index (χ1v) is 4.67. The highest BCUT2D eigenvalue weighted by Gasteiger charge is 2.23. The Kier molecular flexibility index (Phi) is 5.13. The first kappa shape index (κ1) is 13.4. The fraction of sp³-hybridized carbons (Fsp3) is 0.455. The van der Waals surface area contributed by atoms with Gasteiger partial charge in [-0.2, -0.15) is 0 Å². The summed E-state index contributed by atoms with van der Waals surface area (Å²) < 4.78 is 4.89. The van der Waals surface area contributed by atoms with Gasteiger partial charge in [0.05, 0.1) is 0 Å². The summed E-state index contributed by atoms with van der Waals surface area (Å²) in [6, 6.07) is 0. The molecule has 0 aliphatic heterocycles. The van der Waals surface area contributed by atoms with Crippen LogP contribution < -0.4 is 0 Å². The second kappa shape index (κ2) is 5.35. The summed E-state index contributed by atoms with van der Waals surface area (Å²) in [4.78, 5) is 0. The molecule has 2 nitrogen and oxygen atoms in total. The van der Waals surface area contributed by atoms with E-state index in [0.29, 0.717) is 10.6 Å². The molecular weight excluding hydrogens is 200 g/mol. The van der Waals surface area contributed by atoms with Crippen molar-refractivity contribution in [1.29, 1.82) is 0 Å². The molecule has 0 aromatic heterocycles. The fourth-order valence-electron chi connectivity index (χ4n) is 0.829. The number of ether oxygens (including phenoxy) is 1. The van der Waals surface area contributed by atoms with Gasteiger partial charge < -0.3 is 9.84 Å². The predicted molar refractivity (Wildman–Crippen MR) is 60.1 cm³/mol. The predicted octanol–water partition coefficient (Wildman–Crippen LogP) is 2.99. The van der Waals surface area contributed by atoms with Crippen LogP contribution in [-0.4, -0.2) is 18.0 Å². The zero-order chi connectivity index (χ0) is 11.4. The van der Waals surface area contributed by atoms with Crippen LogP contribution in [0.4, 0.5) is 0 Å². The van der Waals surface area contributed by atoms with E-state index in [1.807, 2.05) is 6.92 Å².